The van der Waals surface area contributed by atoms with E-state index in [1.807, 2.05) is 36.5 Å². The Hall–Kier alpha value is -3.61. The average molecular weight is 444 g/mol. The summed E-state index contributed by atoms with van der Waals surface area (Å²) in [6, 6.07) is 12.2. The summed E-state index contributed by atoms with van der Waals surface area (Å²) in [5.74, 6) is 1.41. The molecule has 7 heteroatoms. The van der Waals surface area contributed by atoms with Crippen molar-refractivity contribution in [1.82, 2.24) is 24.6 Å². The topological polar surface area (TPSA) is 74.0 Å². The second-order valence-corrected chi connectivity index (χ2v) is 8.66. The number of carbonyl (C=O) groups is 1. The molecular formula is C26H29N5O2. The number of hydrogen-bond donors (Lipinski definition) is 1. The second-order valence-electron chi connectivity index (χ2n) is 8.66. The molecule has 0 bridgehead atoms. The predicted octanol–water partition coefficient (Wildman–Crippen LogP) is 4.97. The van der Waals surface area contributed by atoms with Crippen molar-refractivity contribution in [2.75, 3.05) is 7.11 Å². The maximum atomic E-state index is 13.5. The molecule has 1 N–H and O–H groups in total. The van der Waals surface area contributed by atoms with Crippen LogP contribution >= 0.6 is 0 Å². The number of amides is 1. The van der Waals surface area contributed by atoms with Gasteiger partial charge in [-0.05, 0) is 61.7 Å². The van der Waals surface area contributed by atoms with Crippen LogP contribution in [-0.4, -0.2) is 32.3 Å². The Morgan fingerprint density at radius 2 is 2.00 bits per heavy atom. The molecular weight excluding hydrogens is 414 g/mol. The SMILES string of the molecule is COc1ccc2c(c1)c(C(=O)NCc1ccnc(-n3cccn3)c1)c(C)n2C1CCCCC1. The second kappa shape index (κ2) is 9.10. The fourth-order valence-electron chi connectivity index (χ4n) is 5.02. The lowest BCUT2D eigenvalue weighted by Gasteiger charge is -2.26. The summed E-state index contributed by atoms with van der Waals surface area (Å²) < 4.78 is 9.56. The number of carbonyl (C=O) groups excluding carboxylic acids is 1. The van der Waals surface area contributed by atoms with Crippen LogP contribution in [0.15, 0.2) is 55.0 Å². The van der Waals surface area contributed by atoms with Crippen LogP contribution < -0.4 is 10.1 Å². The molecule has 4 aromatic rings. The van der Waals surface area contributed by atoms with Gasteiger partial charge < -0.3 is 14.6 Å². The van der Waals surface area contributed by atoms with E-state index < -0.39 is 0 Å². The Bertz CT molecular complexity index is 1270. The zero-order chi connectivity index (χ0) is 22.8. The van der Waals surface area contributed by atoms with E-state index >= 15 is 0 Å². The minimum Gasteiger partial charge on any atom is -0.497 e. The molecule has 0 radical (unpaired) electrons. The van der Waals surface area contributed by atoms with Gasteiger partial charge in [0, 0.05) is 47.8 Å². The van der Waals surface area contributed by atoms with Crippen molar-refractivity contribution in [2.45, 2.75) is 51.6 Å². The molecule has 1 aromatic carbocycles. The van der Waals surface area contributed by atoms with Gasteiger partial charge in [-0.2, -0.15) is 5.10 Å². The number of pyridine rings is 1. The van der Waals surface area contributed by atoms with Crippen LogP contribution in [0.3, 0.4) is 0 Å². The van der Waals surface area contributed by atoms with Crippen LogP contribution in [0.5, 0.6) is 5.75 Å². The van der Waals surface area contributed by atoms with Crippen molar-refractivity contribution < 1.29 is 9.53 Å². The largest absolute Gasteiger partial charge is 0.497 e. The maximum absolute atomic E-state index is 13.5. The van der Waals surface area contributed by atoms with Gasteiger partial charge >= 0.3 is 0 Å². The lowest BCUT2D eigenvalue weighted by atomic mass is 9.95. The van der Waals surface area contributed by atoms with Crippen molar-refractivity contribution in [3.8, 4) is 11.6 Å². The first-order valence-corrected chi connectivity index (χ1v) is 11.6. The summed E-state index contributed by atoms with van der Waals surface area (Å²) >= 11 is 0. The highest BCUT2D eigenvalue weighted by atomic mass is 16.5. The summed E-state index contributed by atoms with van der Waals surface area (Å²) in [4.78, 5) is 17.8. The van der Waals surface area contributed by atoms with Gasteiger partial charge in [-0.15, -0.1) is 0 Å². The van der Waals surface area contributed by atoms with E-state index in [0.717, 1.165) is 52.1 Å². The first-order chi connectivity index (χ1) is 16.2. The Labute approximate surface area is 193 Å². The van der Waals surface area contributed by atoms with Crippen LogP contribution in [0.1, 0.15) is 59.8 Å². The highest BCUT2D eigenvalue weighted by Gasteiger charge is 2.25. The summed E-state index contributed by atoms with van der Waals surface area (Å²) in [5, 5.41) is 8.30. The zero-order valence-electron chi connectivity index (χ0n) is 19.1. The Morgan fingerprint density at radius 1 is 1.15 bits per heavy atom. The van der Waals surface area contributed by atoms with Crippen LogP contribution in [0, 0.1) is 6.92 Å². The van der Waals surface area contributed by atoms with E-state index in [1.54, 1.807) is 24.2 Å². The molecule has 0 spiro atoms. The van der Waals surface area contributed by atoms with Crippen LogP contribution in [0.25, 0.3) is 16.7 Å². The number of hydrogen-bond acceptors (Lipinski definition) is 4. The van der Waals surface area contributed by atoms with Gasteiger partial charge in [-0.25, -0.2) is 9.67 Å². The van der Waals surface area contributed by atoms with Crippen LogP contribution in [0.4, 0.5) is 0 Å². The number of nitrogens with zero attached hydrogens (tertiary/aromatic N) is 4. The number of aromatic nitrogens is 4. The number of rotatable bonds is 6. The third kappa shape index (κ3) is 4.11. The highest BCUT2D eigenvalue weighted by Crippen LogP contribution is 2.37. The minimum absolute atomic E-state index is 0.0715. The molecule has 3 aromatic heterocycles. The van der Waals surface area contributed by atoms with E-state index in [1.165, 1.54) is 19.3 Å². The molecule has 0 aliphatic heterocycles. The third-order valence-corrected chi connectivity index (χ3v) is 6.62. The van der Waals surface area contributed by atoms with Crippen molar-refractivity contribution in [1.29, 1.82) is 0 Å². The van der Waals surface area contributed by atoms with E-state index in [9.17, 15) is 4.79 Å². The maximum Gasteiger partial charge on any atom is 0.254 e. The molecule has 0 saturated heterocycles. The quantitative estimate of drug-likeness (QED) is 0.456. The van der Waals surface area contributed by atoms with Gasteiger partial charge in [-0.1, -0.05) is 19.3 Å². The van der Waals surface area contributed by atoms with Crippen LogP contribution in [0.2, 0.25) is 0 Å². The van der Waals surface area contributed by atoms with E-state index in [0.29, 0.717) is 12.6 Å². The summed E-state index contributed by atoms with van der Waals surface area (Å²) in [6.45, 7) is 2.48. The molecule has 1 saturated carbocycles. The van der Waals surface area contributed by atoms with Crippen LogP contribution in [-0.2, 0) is 6.54 Å². The first kappa shape index (κ1) is 21.2. The predicted molar refractivity (Wildman–Crippen MR) is 128 cm³/mol. The number of nitrogens with one attached hydrogen (secondary N) is 1. The van der Waals surface area contributed by atoms with Gasteiger partial charge in [-0.3, -0.25) is 4.79 Å². The number of methoxy groups -OCH3 is 1. The van der Waals surface area contributed by atoms with Gasteiger partial charge in [0.05, 0.1) is 12.7 Å². The van der Waals surface area contributed by atoms with Gasteiger partial charge in [0.2, 0.25) is 0 Å². The number of benzene rings is 1. The number of ether oxygens (including phenoxy) is 1. The smallest absolute Gasteiger partial charge is 0.254 e. The first-order valence-electron chi connectivity index (χ1n) is 11.6. The zero-order valence-corrected chi connectivity index (χ0v) is 19.1. The van der Waals surface area contributed by atoms with Gasteiger partial charge in [0.15, 0.2) is 5.82 Å². The van der Waals surface area contributed by atoms with Crippen molar-refractivity contribution in [3.63, 3.8) is 0 Å². The van der Waals surface area contributed by atoms with Crippen molar-refractivity contribution >= 4 is 16.8 Å². The van der Waals surface area contributed by atoms with Gasteiger partial charge in [0.25, 0.3) is 5.91 Å². The average Bonchev–Trinajstić information content (AvgIpc) is 3.49. The molecule has 3 heterocycles. The molecule has 5 rings (SSSR count). The molecule has 0 atom stereocenters. The minimum atomic E-state index is -0.0715. The van der Waals surface area contributed by atoms with Crippen molar-refractivity contribution in [2.24, 2.45) is 0 Å². The summed E-state index contributed by atoms with van der Waals surface area (Å²) in [5.41, 5.74) is 3.83. The molecule has 1 aliphatic carbocycles. The third-order valence-electron chi connectivity index (χ3n) is 6.62. The van der Waals surface area contributed by atoms with E-state index in [4.69, 9.17) is 4.74 Å². The Kier molecular flexibility index (Phi) is 5.86. The fraction of sp³-hybridized carbons (Fsp3) is 0.346. The fourth-order valence-corrected chi connectivity index (χ4v) is 5.02. The summed E-state index contributed by atoms with van der Waals surface area (Å²) in [7, 11) is 1.66. The standard InChI is InChI=1S/C26H29N5O2/c1-18-25(26(32)28-17-19-11-13-27-24(15-19)30-14-6-12-29-30)22-16-21(33-2)9-10-23(22)31(18)20-7-4-3-5-8-20/h6,9-16,20H,3-5,7-8,17H2,1-2H3,(H,28,32). The molecule has 1 amide bonds. The molecule has 33 heavy (non-hydrogen) atoms. The summed E-state index contributed by atoms with van der Waals surface area (Å²) in [6.07, 6.45) is 11.4. The van der Waals surface area contributed by atoms with E-state index in [2.05, 4.69) is 33.0 Å². The Balaban J connectivity index is 1.45. The normalized spacial score (nSPS) is 14.5. The molecule has 170 valence electrons. The van der Waals surface area contributed by atoms with Gasteiger partial charge in [0.1, 0.15) is 5.75 Å². The molecule has 7 nitrogen and oxygen atoms in total. The van der Waals surface area contributed by atoms with Crippen molar-refractivity contribution in [3.05, 3.63) is 71.8 Å². The number of fused-ring (bicyclic) bond motifs is 1. The molecule has 0 unspecified atom stereocenters. The highest BCUT2D eigenvalue weighted by molar-refractivity contribution is 6.08. The lowest BCUT2D eigenvalue weighted by Crippen LogP contribution is -2.24. The molecule has 1 aliphatic rings. The molecule has 1 fully saturated rings. The van der Waals surface area contributed by atoms with E-state index in [-0.39, 0.29) is 5.91 Å². The lowest BCUT2D eigenvalue weighted by molar-refractivity contribution is 0.0951. The monoisotopic (exact) mass is 443 g/mol. The Morgan fingerprint density at radius 3 is 2.76 bits per heavy atom.